The first kappa shape index (κ1) is 19.4. The number of likely N-dealkylation sites (tertiary alicyclic amines) is 1. The van der Waals surface area contributed by atoms with Gasteiger partial charge in [-0.2, -0.15) is 0 Å². The second kappa shape index (κ2) is 8.84. The predicted molar refractivity (Wildman–Crippen MR) is 87.0 cm³/mol. The van der Waals surface area contributed by atoms with Crippen LogP contribution in [0.4, 0.5) is 0 Å². The normalized spacial score (nSPS) is 24.9. The molecule has 0 aliphatic carbocycles. The van der Waals surface area contributed by atoms with E-state index in [4.69, 9.17) is 0 Å². The van der Waals surface area contributed by atoms with Crippen LogP contribution in [0.2, 0.25) is 0 Å². The summed E-state index contributed by atoms with van der Waals surface area (Å²) in [5.41, 5.74) is 0. The third kappa shape index (κ3) is 7.56. The van der Waals surface area contributed by atoms with Gasteiger partial charge in [0.05, 0.1) is 12.9 Å². The summed E-state index contributed by atoms with van der Waals surface area (Å²) >= 11 is 0. The Morgan fingerprint density at radius 1 is 1.32 bits per heavy atom. The van der Waals surface area contributed by atoms with Crippen molar-refractivity contribution in [3.8, 4) is 0 Å². The summed E-state index contributed by atoms with van der Waals surface area (Å²) in [4.78, 5) is 13.3. The molecule has 1 saturated heterocycles. The lowest BCUT2D eigenvalue weighted by Gasteiger charge is -2.36. The molecule has 1 aliphatic heterocycles. The number of carbonyl (C=O) groups excluding carboxylic acids is 1. The molecule has 0 aromatic carbocycles. The predicted octanol–water partition coefficient (Wildman–Crippen LogP) is 1.23. The van der Waals surface area contributed by atoms with Crippen LogP contribution in [0.15, 0.2) is 0 Å². The van der Waals surface area contributed by atoms with Crippen molar-refractivity contribution in [1.82, 2.24) is 9.62 Å². The molecule has 0 radical (unpaired) electrons. The summed E-state index contributed by atoms with van der Waals surface area (Å²) in [5, 5.41) is 0. The molecule has 0 saturated carbocycles. The number of nitrogens with zero attached hydrogens (tertiary/aromatic N) is 1. The van der Waals surface area contributed by atoms with Gasteiger partial charge in [-0.25, -0.2) is 13.1 Å². The summed E-state index contributed by atoms with van der Waals surface area (Å²) in [6.07, 6.45) is 1.66. The maximum atomic E-state index is 12.0. The highest BCUT2D eigenvalue weighted by atomic mass is 32.2. The van der Waals surface area contributed by atoms with Gasteiger partial charge in [0.15, 0.2) is 0 Å². The quantitative estimate of drug-likeness (QED) is 0.676. The minimum atomic E-state index is -3.35. The Morgan fingerprint density at radius 3 is 2.45 bits per heavy atom. The highest BCUT2D eigenvalue weighted by Gasteiger charge is 2.24. The number of hydrogen-bond acceptors (Lipinski definition) is 5. The summed E-state index contributed by atoms with van der Waals surface area (Å²) in [5.74, 6) is 0.902. The summed E-state index contributed by atoms with van der Waals surface area (Å²) < 4.78 is 31.2. The Labute approximate surface area is 134 Å². The van der Waals surface area contributed by atoms with Crippen molar-refractivity contribution in [2.24, 2.45) is 11.8 Å². The fourth-order valence-electron chi connectivity index (χ4n) is 3.24. The van der Waals surface area contributed by atoms with E-state index in [1.54, 1.807) is 0 Å². The molecular weight excluding hydrogens is 304 g/mol. The van der Waals surface area contributed by atoms with Gasteiger partial charge in [-0.3, -0.25) is 4.79 Å². The monoisotopic (exact) mass is 334 g/mol. The molecule has 6 nitrogen and oxygen atoms in total. The Kier molecular flexibility index (Phi) is 7.79. The van der Waals surface area contributed by atoms with E-state index < -0.39 is 10.0 Å². The van der Waals surface area contributed by atoms with Crippen LogP contribution in [0.25, 0.3) is 0 Å². The van der Waals surface area contributed by atoms with Crippen LogP contribution in [0, 0.1) is 11.8 Å². The number of ether oxygens (including phenoxy) is 1. The molecule has 1 aliphatic rings. The molecule has 0 amide bonds. The highest BCUT2D eigenvalue weighted by Crippen LogP contribution is 2.20. The van der Waals surface area contributed by atoms with Gasteiger partial charge in [0.1, 0.15) is 0 Å². The minimum absolute atomic E-state index is 0.0424. The number of carbonyl (C=O) groups is 1. The first-order valence-corrected chi connectivity index (χ1v) is 9.66. The molecule has 7 heteroatoms. The Balaban J connectivity index is 2.36. The van der Waals surface area contributed by atoms with Crippen molar-refractivity contribution in [1.29, 1.82) is 0 Å². The van der Waals surface area contributed by atoms with E-state index in [1.165, 1.54) is 13.5 Å². The first-order valence-electron chi connectivity index (χ1n) is 8.01. The van der Waals surface area contributed by atoms with Crippen LogP contribution in [0.5, 0.6) is 0 Å². The molecule has 0 aromatic heterocycles. The van der Waals surface area contributed by atoms with Gasteiger partial charge in [-0.15, -0.1) is 0 Å². The van der Waals surface area contributed by atoms with Crippen molar-refractivity contribution in [3.63, 3.8) is 0 Å². The van der Waals surface area contributed by atoms with E-state index >= 15 is 0 Å². The molecule has 0 bridgehead atoms. The smallest absolute Gasteiger partial charge is 0.305 e. The van der Waals surface area contributed by atoms with Crippen LogP contribution >= 0.6 is 0 Å². The van der Waals surface area contributed by atoms with Gasteiger partial charge in [0.25, 0.3) is 0 Å². The van der Waals surface area contributed by atoms with Crippen molar-refractivity contribution >= 4 is 16.0 Å². The average Bonchev–Trinajstić information content (AvgIpc) is 2.35. The van der Waals surface area contributed by atoms with Gasteiger partial charge in [-0.1, -0.05) is 13.8 Å². The van der Waals surface area contributed by atoms with Crippen LogP contribution in [-0.4, -0.2) is 57.8 Å². The van der Waals surface area contributed by atoms with Crippen molar-refractivity contribution in [2.75, 3.05) is 32.5 Å². The maximum absolute atomic E-state index is 12.0. The third-order valence-electron chi connectivity index (χ3n) is 3.88. The van der Waals surface area contributed by atoms with Gasteiger partial charge in [0, 0.05) is 32.1 Å². The maximum Gasteiger partial charge on any atom is 0.305 e. The number of methoxy groups -OCH3 is 1. The number of sulfonamides is 1. The number of esters is 1. The van der Waals surface area contributed by atoms with Gasteiger partial charge < -0.3 is 9.64 Å². The molecule has 0 spiro atoms. The van der Waals surface area contributed by atoms with E-state index in [1.807, 2.05) is 6.92 Å². The lowest BCUT2D eigenvalue weighted by atomic mass is 9.92. The van der Waals surface area contributed by atoms with Crippen molar-refractivity contribution in [2.45, 2.75) is 46.1 Å². The largest absolute Gasteiger partial charge is 0.469 e. The second-order valence-corrected chi connectivity index (χ2v) is 8.56. The number of hydrogen-bond donors (Lipinski definition) is 1. The standard InChI is InChI=1S/C15H30N2O4S/c1-12-8-13(2)10-17(9-12)11-14(3)16-22(19,20)7-5-6-15(18)21-4/h12-14,16H,5-11H2,1-4H3. The van der Waals surface area contributed by atoms with E-state index in [0.717, 1.165) is 19.6 Å². The zero-order valence-corrected chi connectivity index (χ0v) is 15.0. The molecule has 1 rings (SSSR count). The lowest BCUT2D eigenvalue weighted by molar-refractivity contribution is -0.140. The van der Waals surface area contributed by atoms with Crippen LogP contribution in [-0.2, 0) is 19.6 Å². The van der Waals surface area contributed by atoms with Gasteiger partial charge >= 0.3 is 5.97 Å². The fraction of sp³-hybridized carbons (Fsp3) is 0.933. The molecule has 1 fully saturated rings. The summed E-state index contributed by atoms with van der Waals surface area (Å²) in [6.45, 7) is 9.15. The second-order valence-electron chi connectivity index (χ2n) is 6.68. The molecule has 130 valence electrons. The average molecular weight is 334 g/mol. The fourth-order valence-corrected chi connectivity index (χ4v) is 4.57. The van der Waals surface area contributed by atoms with E-state index in [-0.39, 0.29) is 30.6 Å². The van der Waals surface area contributed by atoms with Crippen molar-refractivity contribution in [3.05, 3.63) is 0 Å². The molecule has 0 aromatic rings. The lowest BCUT2D eigenvalue weighted by Crippen LogP contribution is -2.47. The zero-order valence-electron chi connectivity index (χ0n) is 14.2. The topological polar surface area (TPSA) is 75.7 Å². The summed E-state index contributed by atoms with van der Waals surface area (Å²) in [7, 11) is -2.04. The number of rotatable bonds is 8. The van der Waals surface area contributed by atoms with Crippen LogP contribution in [0.3, 0.4) is 0 Å². The van der Waals surface area contributed by atoms with Crippen LogP contribution in [0.1, 0.15) is 40.0 Å². The van der Waals surface area contributed by atoms with Crippen LogP contribution < -0.4 is 4.72 Å². The molecule has 1 N–H and O–H groups in total. The molecule has 3 unspecified atom stereocenters. The Bertz CT molecular complexity index is 442. The van der Waals surface area contributed by atoms with E-state index in [9.17, 15) is 13.2 Å². The molecular formula is C15H30N2O4S. The molecule has 22 heavy (non-hydrogen) atoms. The Hall–Kier alpha value is -0.660. The minimum Gasteiger partial charge on any atom is -0.469 e. The summed E-state index contributed by atoms with van der Waals surface area (Å²) in [6, 6.07) is -0.124. The van der Waals surface area contributed by atoms with Crippen molar-refractivity contribution < 1.29 is 17.9 Å². The molecule has 3 atom stereocenters. The van der Waals surface area contributed by atoms with Gasteiger partial charge in [-0.05, 0) is 31.6 Å². The van der Waals surface area contributed by atoms with E-state index in [0.29, 0.717) is 11.8 Å². The zero-order chi connectivity index (χ0) is 16.8. The highest BCUT2D eigenvalue weighted by molar-refractivity contribution is 7.89. The SMILES string of the molecule is COC(=O)CCCS(=O)(=O)NC(C)CN1CC(C)CC(C)C1. The third-order valence-corrected chi connectivity index (χ3v) is 5.47. The van der Waals surface area contributed by atoms with Gasteiger partial charge in [0.2, 0.25) is 10.0 Å². The van der Waals surface area contributed by atoms with E-state index in [2.05, 4.69) is 28.2 Å². The molecule has 1 heterocycles. The Morgan fingerprint density at radius 2 is 1.91 bits per heavy atom. The first-order chi connectivity index (χ1) is 10.2. The number of piperidine rings is 1. The number of nitrogens with one attached hydrogen (secondary N) is 1.